The quantitative estimate of drug-likeness (QED) is 0.925. The monoisotopic (exact) mass is 285 g/mol. The maximum absolute atomic E-state index is 11.1. The highest BCUT2D eigenvalue weighted by atomic mass is 32.1. The lowest BCUT2D eigenvalue weighted by Crippen LogP contribution is -2.27. The Balaban J connectivity index is 0. The minimum Gasteiger partial charge on any atom is -0.349 e. The van der Waals surface area contributed by atoms with Crippen LogP contribution in [0.3, 0.4) is 0 Å². The van der Waals surface area contributed by atoms with E-state index < -0.39 is 0 Å². The lowest BCUT2D eigenvalue weighted by atomic mass is 9.97. The van der Waals surface area contributed by atoms with E-state index in [2.05, 4.69) is 37.5 Å². The summed E-state index contributed by atoms with van der Waals surface area (Å²) < 4.78 is 0. The van der Waals surface area contributed by atoms with Gasteiger partial charge < -0.3 is 14.9 Å². The summed E-state index contributed by atoms with van der Waals surface area (Å²) in [6.07, 6.45) is 0.997. The molecule has 4 nitrogen and oxygen atoms in total. The third kappa shape index (κ3) is 8.26. The molecule has 1 amide bonds. The summed E-state index contributed by atoms with van der Waals surface area (Å²) in [5.74, 6) is 0.632. The average Bonchev–Trinajstić information content (AvgIpc) is 2.78. The van der Waals surface area contributed by atoms with Gasteiger partial charge in [-0.2, -0.15) is 0 Å². The number of thiophene rings is 1. The van der Waals surface area contributed by atoms with Crippen LogP contribution in [0.2, 0.25) is 0 Å². The second kappa shape index (κ2) is 11.6. The van der Waals surface area contributed by atoms with Crippen LogP contribution >= 0.6 is 11.3 Å². The summed E-state index contributed by atoms with van der Waals surface area (Å²) in [6.45, 7) is 12.0. The smallest absolute Gasteiger partial charge is 0.217 e. The van der Waals surface area contributed by atoms with Crippen molar-refractivity contribution in [2.24, 2.45) is 5.92 Å². The molecule has 1 heterocycles. The summed E-state index contributed by atoms with van der Waals surface area (Å²) in [5.41, 5.74) is 1.27. The first kappa shape index (κ1) is 19.8. The minimum atomic E-state index is 0.0475. The lowest BCUT2D eigenvalue weighted by Gasteiger charge is -2.20. The van der Waals surface area contributed by atoms with Crippen molar-refractivity contribution in [3.63, 3.8) is 0 Å². The average molecular weight is 285 g/mol. The summed E-state index contributed by atoms with van der Waals surface area (Å²) in [7, 11) is 0. The van der Waals surface area contributed by atoms with E-state index in [1.807, 2.05) is 13.6 Å². The molecule has 19 heavy (non-hydrogen) atoms. The number of nitrogens with one attached hydrogen (secondary N) is 1. The van der Waals surface area contributed by atoms with Crippen LogP contribution in [0, 0.1) is 12.8 Å². The number of carbonyl (C=O) groups excluding carboxylic acids is 3. The second-order valence-electron chi connectivity index (χ2n) is 4.31. The lowest BCUT2D eigenvalue weighted by molar-refractivity contribution is -0.119. The first-order chi connectivity index (χ1) is 9.00. The molecular formula is C14H23NO3S. The molecule has 0 aliphatic heterocycles. The highest BCUT2D eigenvalue weighted by Gasteiger charge is 2.16. The van der Waals surface area contributed by atoms with Crippen molar-refractivity contribution in [3.8, 4) is 0 Å². The molecule has 0 saturated heterocycles. The molecule has 0 aromatic carbocycles. The van der Waals surface area contributed by atoms with Crippen LogP contribution in [0.5, 0.6) is 0 Å². The van der Waals surface area contributed by atoms with Gasteiger partial charge in [-0.3, -0.25) is 4.79 Å². The van der Waals surface area contributed by atoms with Crippen LogP contribution in [0.4, 0.5) is 0 Å². The van der Waals surface area contributed by atoms with Gasteiger partial charge in [0.1, 0.15) is 13.6 Å². The van der Waals surface area contributed by atoms with E-state index >= 15 is 0 Å². The Kier molecular flexibility index (Phi) is 12.1. The molecule has 0 aliphatic rings. The molecule has 1 rings (SSSR count). The maximum atomic E-state index is 11.1. The van der Waals surface area contributed by atoms with Gasteiger partial charge in [-0.15, -0.1) is 11.3 Å². The van der Waals surface area contributed by atoms with Crippen LogP contribution in [0.1, 0.15) is 43.7 Å². The standard InChI is InChI=1S/C12H19NOS.2CH2O/c1-8(2)7-12(13-10(4)14)11-5-6-15-9(11)3;2*1-2/h5-6,8,12H,7H2,1-4H3,(H,13,14);2*1H2. The van der Waals surface area contributed by atoms with Gasteiger partial charge in [-0.05, 0) is 36.3 Å². The number of rotatable bonds is 4. The minimum absolute atomic E-state index is 0.0475. The van der Waals surface area contributed by atoms with E-state index in [-0.39, 0.29) is 11.9 Å². The van der Waals surface area contributed by atoms with Crippen molar-refractivity contribution in [2.75, 3.05) is 0 Å². The first-order valence-corrected chi connectivity index (χ1v) is 6.77. The van der Waals surface area contributed by atoms with Crippen molar-refractivity contribution >= 4 is 30.8 Å². The van der Waals surface area contributed by atoms with E-state index in [9.17, 15) is 4.79 Å². The van der Waals surface area contributed by atoms with Crippen molar-refractivity contribution in [1.82, 2.24) is 5.32 Å². The Morgan fingerprint density at radius 2 is 1.84 bits per heavy atom. The maximum Gasteiger partial charge on any atom is 0.217 e. The van der Waals surface area contributed by atoms with Crippen LogP contribution in [-0.4, -0.2) is 19.5 Å². The molecule has 0 fully saturated rings. The number of aryl methyl sites for hydroxylation is 1. The van der Waals surface area contributed by atoms with Gasteiger partial charge in [0.25, 0.3) is 0 Å². The number of amides is 1. The van der Waals surface area contributed by atoms with Gasteiger partial charge in [-0.1, -0.05) is 13.8 Å². The first-order valence-electron chi connectivity index (χ1n) is 5.89. The van der Waals surface area contributed by atoms with Crippen molar-refractivity contribution in [2.45, 2.75) is 40.2 Å². The third-order valence-corrected chi connectivity index (χ3v) is 3.22. The Morgan fingerprint density at radius 1 is 1.32 bits per heavy atom. The fourth-order valence-corrected chi connectivity index (χ4v) is 2.50. The molecule has 1 aromatic heterocycles. The predicted octanol–water partition coefficient (Wildman–Crippen LogP) is 2.91. The number of hydrogen-bond donors (Lipinski definition) is 1. The Bertz CT molecular complexity index is 361. The number of carbonyl (C=O) groups is 3. The largest absolute Gasteiger partial charge is 0.349 e. The zero-order valence-electron chi connectivity index (χ0n) is 12.1. The van der Waals surface area contributed by atoms with Crippen molar-refractivity contribution in [1.29, 1.82) is 0 Å². The van der Waals surface area contributed by atoms with E-state index in [0.29, 0.717) is 5.92 Å². The van der Waals surface area contributed by atoms with Gasteiger partial charge in [0.15, 0.2) is 0 Å². The van der Waals surface area contributed by atoms with Crippen LogP contribution in [0.25, 0.3) is 0 Å². The highest BCUT2D eigenvalue weighted by Crippen LogP contribution is 2.27. The fraction of sp³-hybridized carbons (Fsp3) is 0.500. The van der Waals surface area contributed by atoms with Crippen LogP contribution < -0.4 is 5.32 Å². The molecule has 0 spiro atoms. The predicted molar refractivity (Wildman–Crippen MR) is 79.3 cm³/mol. The highest BCUT2D eigenvalue weighted by molar-refractivity contribution is 7.10. The molecular weight excluding hydrogens is 262 g/mol. The van der Waals surface area contributed by atoms with Gasteiger partial charge in [0.2, 0.25) is 5.91 Å². The van der Waals surface area contributed by atoms with E-state index in [0.717, 1.165) is 6.42 Å². The zero-order chi connectivity index (χ0) is 15.4. The molecule has 1 aromatic rings. The van der Waals surface area contributed by atoms with Crippen LogP contribution in [-0.2, 0) is 14.4 Å². The summed E-state index contributed by atoms with van der Waals surface area (Å²) in [6, 6.07) is 2.29. The molecule has 1 atom stereocenters. The summed E-state index contributed by atoms with van der Waals surface area (Å²) in [4.78, 5) is 28.4. The Morgan fingerprint density at radius 3 is 2.16 bits per heavy atom. The topological polar surface area (TPSA) is 63.2 Å². The van der Waals surface area contributed by atoms with Gasteiger partial charge in [0.05, 0.1) is 6.04 Å². The molecule has 0 saturated carbocycles. The van der Waals surface area contributed by atoms with Gasteiger partial charge in [0, 0.05) is 11.8 Å². The third-order valence-electron chi connectivity index (χ3n) is 2.36. The number of hydrogen-bond acceptors (Lipinski definition) is 4. The summed E-state index contributed by atoms with van der Waals surface area (Å²) >= 11 is 1.74. The van der Waals surface area contributed by atoms with E-state index in [4.69, 9.17) is 9.59 Å². The Labute approximate surface area is 119 Å². The summed E-state index contributed by atoms with van der Waals surface area (Å²) in [5, 5.41) is 5.11. The zero-order valence-corrected chi connectivity index (χ0v) is 12.9. The Hall–Kier alpha value is -1.49. The SMILES string of the molecule is C=O.C=O.CC(=O)NC(CC(C)C)c1ccsc1C. The molecule has 5 heteroatoms. The van der Waals surface area contributed by atoms with Crippen molar-refractivity contribution in [3.05, 3.63) is 21.9 Å². The molecule has 0 bridgehead atoms. The van der Waals surface area contributed by atoms with E-state index in [1.54, 1.807) is 18.3 Å². The fourth-order valence-electron chi connectivity index (χ4n) is 1.74. The second-order valence-corrected chi connectivity index (χ2v) is 5.44. The molecule has 0 aliphatic carbocycles. The van der Waals surface area contributed by atoms with Gasteiger partial charge in [-0.25, -0.2) is 0 Å². The molecule has 108 valence electrons. The van der Waals surface area contributed by atoms with E-state index in [1.165, 1.54) is 10.4 Å². The molecule has 1 N–H and O–H groups in total. The van der Waals surface area contributed by atoms with Crippen LogP contribution in [0.15, 0.2) is 11.4 Å². The van der Waals surface area contributed by atoms with Crippen molar-refractivity contribution < 1.29 is 14.4 Å². The molecule has 0 radical (unpaired) electrons. The van der Waals surface area contributed by atoms with Gasteiger partial charge >= 0.3 is 0 Å². The molecule has 1 unspecified atom stereocenters. The normalized spacial score (nSPS) is 10.6.